The third-order valence-electron chi connectivity index (χ3n) is 4.22. The summed E-state index contributed by atoms with van der Waals surface area (Å²) in [7, 11) is 0. The Morgan fingerprint density at radius 1 is 1.50 bits per heavy atom. The minimum atomic E-state index is -0.746. The summed E-state index contributed by atoms with van der Waals surface area (Å²) in [4.78, 5) is 20.4. The number of aromatic nitrogens is 2. The fourth-order valence-corrected chi connectivity index (χ4v) is 2.76. The molecule has 1 saturated carbocycles. The Balaban J connectivity index is 2.24. The van der Waals surface area contributed by atoms with E-state index in [-0.39, 0.29) is 6.04 Å². The van der Waals surface area contributed by atoms with Crippen LogP contribution in [0.4, 0.5) is 5.95 Å². The van der Waals surface area contributed by atoms with Crippen molar-refractivity contribution in [2.45, 2.75) is 58.9 Å². The standard InChI is InChI=1S/C15H23N3O2/c1-9(2)11-8-10(3)16-14(17-11)18-12-6-5-7-15(12,4)13(19)20/h8-9,12H,5-7H2,1-4H3,(H,19,20)(H,16,17,18). The van der Waals surface area contributed by atoms with Gasteiger partial charge in [-0.25, -0.2) is 9.97 Å². The number of aryl methyl sites for hydroxylation is 1. The monoisotopic (exact) mass is 277 g/mol. The van der Waals surface area contributed by atoms with Crippen molar-refractivity contribution in [3.63, 3.8) is 0 Å². The predicted octanol–water partition coefficient (Wildman–Crippen LogP) is 2.96. The molecule has 1 aromatic rings. The maximum atomic E-state index is 11.5. The van der Waals surface area contributed by atoms with Crippen LogP contribution in [-0.4, -0.2) is 27.1 Å². The summed E-state index contributed by atoms with van der Waals surface area (Å²) in [6.07, 6.45) is 2.46. The van der Waals surface area contributed by atoms with E-state index in [1.165, 1.54) is 0 Å². The van der Waals surface area contributed by atoms with E-state index in [0.29, 0.717) is 18.3 Å². The van der Waals surface area contributed by atoms with E-state index in [4.69, 9.17) is 0 Å². The van der Waals surface area contributed by atoms with Crippen LogP contribution in [0.15, 0.2) is 6.07 Å². The molecule has 0 aliphatic heterocycles. The van der Waals surface area contributed by atoms with Crippen LogP contribution in [0, 0.1) is 12.3 Å². The number of carboxylic acid groups (broad SMARTS) is 1. The molecule has 0 spiro atoms. The fraction of sp³-hybridized carbons (Fsp3) is 0.667. The van der Waals surface area contributed by atoms with E-state index in [9.17, 15) is 9.90 Å². The summed E-state index contributed by atoms with van der Waals surface area (Å²) in [5.41, 5.74) is 1.15. The van der Waals surface area contributed by atoms with Crippen molar-refractivity contribution in [3.8, 4) is 0 Å². The van der Waals surface area contributed by atoms with Gasteiger partial charge < -0.3 is 10.4 Å². The highest BCUT2D eigenvalue weighted by Gasteiger charge is 2.45. The molecule has 20 heavy (non-hydrogen) atoms. The summed E-state index contributed by atoms with van der Waals surface area (Å²) in [5.74, 6) is 0.129. The topological polar surface area (TPSA) is 75.1 Å². The van der Waals surface area contributed by atoms with Crippen LogP contribution in [0.5, 0.6) is 0 Å². The van der Waals surface area contributed by atoms with Crippen LogP contribution in [0.25, 0.3) is 0 Å². The molecular formula is C15H23N3O2. The Labute approximate surface area is 119 Å². The summed E-state index contributed by atoms with van der Waals surface area (Å²) >= 11 is 0. The van der Waals surface area contributed by atoms with E-state index >= 15 is 0 Å². The minimum Gasteiger partial charge on any atom is -0.481 e. The van der Waals surface area contributed by atoms with Crippen molar-refractivity contribution in [1.82, 2.24) is 9.97 Å². The highest BCUT2D eigenvalue weighted by Crippen LogP contribution is 2.39. The van der Waals surface area contributed by atoms with Gasteiger partial charge in [-0.3, -0.25) is 4.79 Å². The Kier molecular flexibility index (Phi) is 3.97. The summed E-state index contributed by atoms with van der Waals surface area (Å²) in [5, 5.41) is 12.7. The van der Waals surface area contributed by atoms with Crippen LogP contribution >= 0.6 is 0 Å². The van der Waals surface area contributed by atoms with Crippen LogP contribution in [0.3, 0.4) is 0 Å². The first kappa shape index (κ1) is 14.8. The van der Waals surface area contributed by atoms with Crippen molar-refractivity contribution >= 4 is 11.9 Å². The number of carboxylic acids is 1. The second-order valence-corrected chi connectivity index (χ2v) is 6.22. The molecule has 1 aliphatic rings. The largest absolute Gasteiger partial charge is 0.481 e. The maximum Gasteiger partial charge on any atom is 0.311 e. The van der Waals surface area contributed by atoms with E-state index in [0.717, 1.165) is 24.2 Å². The normalized spacial score (nSPS) is 25.9. The SMILES string of the molecule is Cc1cc(C(C)C)nc(NC2CCCC2(C)C(=O)O)n1. The first-order valence-corrected chi connectivity index (χ1v) is 7.18. The first-order valence-electron chi connectivity index (χ1n) is 7.18. The van der Waals surface area contributed by atoms with Crippen molar-refractivity contribution in [1.29, 1.82) is 0 Å². The Morgan fingerprint density at radius 3 is 2.80 bits per heavy atom. The molecule has 0 bridgehead atoms. The summed E-state index contributed by atoms with van der Waals surface area (Å²) < 4.78 is 0. The second-order valence-electron chi connectivity index (χ2n) is 6.22. The zero-order valence-electron chi connectivity index (χ0n) is 12.6. The average Bonchev–Trinajstić information content (AvgIpc) is 2.71. The molecular weight excluding hydrogens is 254 g/mol. The van der Waals surface area contributed by atoms with Gasteiger partial charge in [0.2, 0.25) is 5.95 Å². The molecule has 5 heteroatoms. The predicted molar refractivity (Wildman–Crippen MR) is 77.9 cm³/mol. The number of anilines is 1. The molecule has 0 saturated heterocycles. The molecule has 1 fully saturated rings. The highest BCUT2D eigenvalue weighted by atomic mass is 16.4. The van der Waals surface area contributed by atoms with E-state index in [1.807, 2.05) is 13.0 Å². The molecule has 1 heterocycles. The lowest BCUT2D eigenvalue weighted by molar-refractivity contribution is -0.147. The number of hydrogen-bond donors (Lipinski definition) is 2. The number of hydrogen-bond acceptors (Lipinski definition) is 4. The van der Waals surface area contributed by atoms with Gasteiger partial charge in [-0.2, -0.15) is 0 Å². The van der Waals surface area contributed by atoms with E-state index in [1.54, 1.807) is 6.92 Å². The van der Waals surface area contributed by atoms with Gasteiger partial charge in [0.1, 0.15) is 0 Å². The smallest absolute Gasteiger partial charge is 0.311 e. The van der Waals surface area contributed by atoms with Crippen molar-refractivity contribution in [2.75, 3.05) is 5.32 Å². The third kappa shape index (κ3) is 2.76. The third-order valence-corrected chi connectivity index (χ3v) is 4.22. The number of rotatable bonds is 4. The lowest BCUT2D eigenvalue weighted by Gasteiger charge is -2.28. The van der Waals surface area contributed by atoms with Crippen molar-refractivity contribution in [3.05, 3.63) is 17.5 Å². The molecule has 5 nitrogen and oxygen atoms in total. The van der Waals surface area contributed by atoms with Gasteiger partial charge >= 0.3 is 5.97 Å². The maximum absolute atomic E-state index is 11.5. The van der Waals surface area contributed by atoms with Gasteiger partial charge in [0.05, 0.1) is 5.41 Å². The number of nitrogens with one attached hydrogen (secondary N) is 1. The van der Waals surface area contributed by atoms with Gasteiger partial charge in [0.15, 0.2) is 0 Å². The average molecular weight is 277 g/mol. The molecule has 0 aromatic carbocycles. The van der Waals surface area contributed by atoms with Crippen LogP contribution < -0.4 is 5.32 Å². The molecule has 0 amide bonds. The summed E-state index contributed by atoms with van der Waals surface area (Å²) in [6, 6.07) is 1.86. The van der Waals surface area contributed by atoms with Gasteiger partial charge in [-0.1, -0.05) is 20.3 Å². The van der Waals surface area contributed by atoms with Gasteiger partial charge in [-0.05, 0) is 38.7 Å². The molecule has 110 valence electrons. The quantitative estimate of drug-likeness (QED) is 0.885. The highest BCUT2D eigenvalue weighted by molar-refractivity contribution is 5.76. The molecule has 1 aliphatic carbocycles. The van der Waals surface area contributed by atoms with Gasteiger partial charge in [-0.15, -0.1) is 0 Å². The zero-order valence-corrected chi connectivity index (χ0v) is 12.6. The lowest BCUT2D eigenvalue weighted by atomic mass is 9.85. The molecule has 1 aromatic heterocycles. The zero-order chi connectivity index (χ0) is 14.9. The first-order chi connectivity index (χ1) is 9.33. The Morgan fingerprint density at radius 2 is 2.20 bits per heavy atom. The number of nitrogens with zero attached hydrogens (tertiary/aromatic N) is 2. The Hall–Kier alpha value is -1.65. The molecule has 2 N–H and O–H groups in total. The van der Waals surface area contributed by atoms with Gasteiger partial charge in [0, 0.05) is 17.4 Å². The number of carbonyl (C=O) groups is 1. The van der Waals surface area contributed by atoms with Crippen LogP contribution in [0.1, 0.15) is 57.3 Å². The lowest BCUT2D eigenvalue weighted by Crippen LogP contribution is -2.40. The minimum absolute atomic E-state index is 0.109. The fourth-order valence-electron chi connectivity index (χ4n) is 2.76. The molecule has 2 unspecified atom stereocenters. The molecule has 2 atom stereocenters. The van der Waals surface area contributed by atoms with E-state index in [2.05, 4.69) is 29.1 Å². The van der Waals surface area contributed by atoms with Crippen LogP contribution in [-0.2, 0) is 4.79 Å². The van der Waals surface area contributed by atoms with Crippen LogP contribution in [0.2, 0.25) is 0 Å². The van der Waals surface area contributed by atoms with Crippen molar-refractivity contribution in [2.24, 2.45) is 5.41 Å². The molecule has 0 radical (unpaired) electrons. The second kappa shape index (κ2) is 5.38. The van der Waals surface area contributed by atoms with Gasteiger partial charge in [0.25, 0.3) is 0 Å². The van der Waals surface area contributed by atoms with E-state index < -0.39 is 11.4 Å². The molecule has 2 rings (SSSR count). The number of aliphatic carboxylic acids is 1. The Bertz CT molecular complexity index is 516. The van der Waals surface area contributed by atoms with Crippen molar-refractivity contribution < 1.29 is 9.90 Å². The summed E-state index contributed by atoms with van der Waals surface area (Å²) in [6.45, 7) is 7.91.